The van der Waals surface area contributed by atoms with Crippen LogP contribution in [0.1, 0.15) is 29.4 Å². The van der Waals surface area contributed by atoms with E-state index in [0.29, 0.717) is 0 Å². The zero-order chi connectivity index (χ0) is 15.8. The third-order valence-electron chi connectivity index (χ3n) is 3.40. The summed E-state index contributed by atoms with van der Waals surface area (Å²) in [5, 5.41) is 5.04. The molecule has 2 rings (SSSR count). The summed E-state index contributed by atoms with van der Waals surface area (Å²) in [4.78, 5) is 13.4. The predicted octanol–water partition coefficient (Wildman–Crippen LogP) is 1.08. The molecule has 0 bridgehead atoms. The molecule has 10 heteroatoms. The van der Waals surface area contributed by atoms with Gasteiger partial charge < -0.3 is 4.90 Å². The van der Waals surface area contributed by atoms with E-state index in [9.17, 15) is 26.4 Å². The maximum Gasteiger partial charge on any atom is 0.433 e. The van der Waals surface area contributed by atoms with Crippen molar-refractivity contribution in [2.45, 2.75) is 25.6 Å². The average Bonchev–Trinajstić information content (AvgIpc) is 2.96. The molecule has 1 amide bonds. The largest absolute Gasteiger partial charge is 0.433 e. The number of alkyl halides is 3. The Morgan fingerprint density at radius 1 is 1.52 bits per heavy atom. The van der Waals surface area contributed by atoms with Gasteiger partial charge in [0, 0.05) is 12.6 Å². The minimum atomic E-state index is -4.72. The van der Waals surface area contributed by atoms with E-state index in [1.165, 1.54) is 0 Å². The van der Waals surface area contributed by atoms with Gasteiger partial charge in [0.2, 0.25) is 0 Å². The summed E-state index contributed by atoms with van der Waals surface area (Å²) in [6.07, 6.45) is -3.67. The lowest BCUT2D eigenvalue weighted by Gasteiger charge is -2.26. The van der Waals surface area contributed by atoms with Gasteiger partial charge in [0.15, 0.2) is 15.5 Å². The second kappa shape index (κ2) is 5.32. The third kappa shape index (κ3) is 3.20. The van der Waals surface area contributed by atoms with E-state index >= 15 is 0 Å². The Morgan fingerprint density at radius 3 is 2.67 bits per heavy atom. The van der Waals surface area contributed by atoms with E-state index < -0.39 is 39.2 Å². The number of nitrogens with zero attached hydrogens (tertiary/aromatic N) is 2. The second-order valence-corrected chi connectivity index (χ2v) is 7.03. The molecule has 0 aromatic carbocycles. The van der Waals surface area contributed by atoms with Gasteiger partial charge in [-0.15, -0.1) is 0 Å². The number of H-pyrrole nitrogens is 1. The number of sulfone groups is 1. The number of rotatable bonds is 3. The van der Waals surface area contributed by atoms with Crippen LogP contribution in [0.15, 0.2) is 6.20 Å². The number of hydrogen-bond donors (Lipinski definition) is 1. The summed E-state index contributed by atoms with van der Waals surface area (Å²) < 4.78 is 61.2. The first-order valence-corrected chi connectivity index (χ1v) is 8.10. The standard InChI is InChI=1S/C11H14F3N3O3S/c1-2-17(7-3-4-21(19,20)6-7)10(18)8-5-15-16-9(8)11(12,13)14/h5,7H,2-4,6H2,1H3,(H,15,16). The minimum Gasteiger partial charge on any atom is -0.335 e. The molecule has 0 aliphatic carbocycles. The Bertz CT molecular complexity index is 639. The molecule has 0 spiro atoms. The second-order valence-electron chi connectivity index (χ2n) is 4.80. The molecule has 1 N–H and O–H groups in total. The highest BCUT2D eigenvalue weighted by Gasteiger charge is 2.40. The van der Waals surface area contributed by atoms with Gasteiger partial charge in [-0.3, -0.25) is 9.89 Å². The van der Waals surface area contributed by atoms with E-state index in [4.69, 9.17) is 0 Å². The summed E-state index contributed by atoms with van der Waals surface area (Å²) >= 11 is 0. The van der Waals surface area contributed by atoms with Crippen molar-refractivity contribution in [1.82, 2.24) is 15.1 Å². The van der Waals surface area contributed by atoms with Crippen molar-refractivity contribution < 1.29 is 26.4 Å². The molecule has 1 saturated heterocycles. The van der Waals surface area contributed by atoms with Gasteiger partial charge in [0.05, 0.1) is 23.3 Å². The highest BCUT2D eigenvalue weighted by molar-refractivity contribution is 7.91. The zero-order valence-electron chi connectivity index (χ0n) is 11.1. The Hall–Kier alpha value is -1.58. The van der Waals surface area contributed by atoms with Gasteiger partial charge in [-0.1, -0.05) is 0 Å². The van der Waals surface area contributed by atoms with E-state index in [2.05, 4.69) is 5.10 Å². The fourth-order valence-electron chi connectivity index (χ4n) is 2.41. The van der Waals surface area contributed by atoms with Crippen LogP contribution in [-0.2, 0) is 16.0 Å². The lowest BCUT2D eigenvalue weighted by atomic mass is 10.1. The summed E-state index contributed by atoms with van der Waals surface area (Å²) in [5.41, 5.74) is -1.81. The lowest BCUT2D eigenvalue weighted by Crippen LogP contribution is -2.41. The van der Waals surface area contributed by atoms with Crippen molar-refractivity contribution in [1.29, 1.82) is 0 Å². The number of aromatic nitrogens is 2. The number of carbonyl (C=O) groups is 1. The van der Waals surface area contributed by atoms with Gasteiger partial charge in [-0.25, -0.2) is 8.42 Å². The molecule has 1 fully saturated rings. The number of hydrogen-bond acceptors (Lipinski definition) is 4. The molecular formula is C11H14F3N3O3S. The van der Waals surface area contributed by atoms with E-state index in [1.807, 2.05) is 0 Å². The van der Waals surface area contributed by atoms with Crippen molar-refractivity contribution in [3.05, 3.63) is 17.5 Å². The number of nitrogens with one attached hydrogen (secondary N) is 1. The van der Waals surface area contributed by atoms with Crippen molar-refractivity contribution in [2.24, 2.45) is 0 Å². The normalized spacial score (nSPS) is 21.4. The first kappa shape index (κ1) is 15.8. The molecule has 1 aromatic heterocycles. The maximum atomic E-state index is 12.8. The molecule has 1 unspecified atom stereocenters. The van der Waals surface area contributed by atoms with Crippen LogP contribution >= 0.6 is 0 Å². The minimum absolute atomic E-state index is 0.0566. The molecule has 21 heavy (non-hydrogen) atoms. The third-order valence-corrected chi connectivity index (χ3v) is 5.15. The fourth-order valence-corrected chi connectivity index (χ4v) is 4.14. The predicted molar refractivity (Wildman–Crippen MR) is 67.4 cm³/mol. The first-order chi connectivity index (χ1) is 9.65. The summed E-state index contributed by atoms with van der Waals surface area (Å²) in [6.45, 7) is 1.72. The highest BCUT2D eigenvalue weighted by Crippen LogP contribution is 2.31. The van der Waals surface area contributed by atoms with Gasteiger partial charge in [-0.05, 0) is 13.3 Å². The summed E-state index contributed by atoms with van der Waals surface area (Å²) in [6, 6.07) is -0.594. The van der Waals surface area contributed by atoms with Crippen LogP contribution in [0.2, 0.25) is 0 Å². The summed E-state index contributed by atoms with van der Waals surface area (Å²) in [5.74, 6) is -1.13. The first-order valence-electron chi connectivity index (χ1n) is 6.27. The van der Waals surface area contributed by atoms with E-state index in [1.54, 1.807) is 12.0 Å². The smallest absolute Gasteiger partial charge is 0.335 e. The van der Waals surface area contributed by atoms with Crippen LogP contribution in [0.5, 0.6) is 0 Å². The number of carbonyl (C=O) groups excluding carboxylic acids is 1. The van der Waals surface area contributed by atoms with Crippen molar-refractivity contribution in [3.63, 3.8) is 0 Å². The van der Waals surface area contributed by atoms with Crippen LogP contribution < -0.4 is 0 Å². The quantitative estimate of drug-likeness (QED) is 0.901. The molecule has 1 atom stereocenters. The Kier molecular flexibility index (Phi) is 4.00. The molecule has 1 aliphatic heterocycles. The van der Waals surface area contributed by atoms with Gasteiger partial charge >= 0.3 is 6.18 Å². The van der Waals surface area contributed by atoms with Gasteiger partial charge in [0.1, 0.15) is 0 Å². The Morgan fingerprint density at radius 2 is 2.19 bits per heavy atom. The van der Waals surface area contributed by atoms with Gasteiger partial charge in [-0.2, -0.15) is 18.3 Å². The highest BCUT2D eigenvalue weighted by atomic mass is 32.2. The zero-order valence-corrected chi connectivity index (χ0v) is 12.0. The van der Waals surface area contributed by atoms with Crippen LogP contribution in [0.25, 0.3) is 0 Å². The maximum absolute atomic E-state index is 12.8. The van der Waals surface area contributed by atoms with Crippen LogP contribution in [-0.4, -0.2) is 53.5 Å². The number of amides is 1. The number of aromatic amines is 1. The topological polar surface area (TPSA) is 83.1 Å². The van der Waals surface area contributed by atoms with Crippen molar-refractivity contribution in [3.8, 4) is 0 Å². The lowest BCUT2D eigenvalue weighted by molar-refractivity contribution is -0.141. The molecule has 6 nitrogen and oxygen atoms in total. The van der Waals surface area contributed by atoms with Crippen LogP contribution in [0.4, 0.5) is 13.2 Å². The Labute approximate surface area is 119 Å². The molecule has 0 saturated carbocycles. The van der Waals surface area contributed by atoms with E-state index in [-0.39, 0.29) is 24.5 Å². The van der Waals surface area contributed by atoms with Crippen molar-refractivity contribution in [2.75, 3.05) is 18.1 Å². The summed E-state index contributed by atoms with van der Waals surface area (Å²) in [7, 11) is -3.23. The van der Waals surface area contributed by atoms with Crippen molar-refractivity contribution >= 4 is 15.7 Å². The molecule has 0 radical (unpaired) electrons. The van der Waals surface area contributed by atoms with E-state index in [0.717, 1.165) is 11.1 Å². The van der Waals surface area contributed by atoms with Crippen LogP contribution in [0, 0.1) is 0 Å². The Balaban J connectivity index is 2.28. The molecule has 2 heterocycles. The molecule has 1 aliphatic rings. The average molecular weight is 325 g/mol. The van der Waals surface area contributed by atoms with Crippen LogP contribution in [0.3, 0.4) is 0 Å². The fraction of sp³-hybridized carbons (Fsp3) is 0.636. The van der Waals surface area contributed by atoms with Gasteiger partial charge in [0.25, 0.3) is 5.91 Å². The molecular weight excluding hydrogens is 311 g/mol. The molecule has 118 valence electrons. The SMILES string of the molecule is CCN(C(=O)c1cn[nH]c1C(F)(F)F)C1CCS(=O)(=O)C1. The molecule has 1 aromatic rings. The number of halogens is 3. The monoisotopic (exact) mass is 325 g/mol.